The summed E-state index contributed by atoms with van der Waals surface area (Å²) in [5.41, 5.74) is -2.60. The molecule has 35 heavy (non-hydrogen) atoms. The van der Waals surface area contributed by atoms with Crippen LogP contribution in [-0.4, -0.2) is 45.4 Å². The second kappa shape index (κ2) is 10.2. The average Bonchev–Trinajstić information content (AvgIpc) is 2.81. The van der Waals surface area contributed by atoms with Crippen LogP contribution in [0.3, 0.4) is 0 Å². The summed E-state index contributed by atoms with van der Waals surface area (Å²) in [5.74, 6) is -8.34. The molecule has 0 spiro atoms. The lowest BCUT2D eigenvalue weighted by molar-refractivity contribution is -0.384. The molecule has 0 radical (unpaired) electrons. The molecule has 12 nitrogen and oxygen atoms in total. The number of nitrogens with zero attached hydrogens (tertiary/aromatic N) is 2. The minimum atomic E-state index is -2.30. The van der Waals surface area contributed by atoms with Crippen LogP contribution < -0.4 is 10.9 Å². The van der Waals surface area contributed by atoms with Crippen molar-refractivity contribution in [2.24, 2.45) is 0 Å². The molecule has 0 aliphatic carbocycles. The number of H-pyrrole nitrogens is 1. The third kappa shape index (κ3) is 5.29. The Balaban J connectivity index is 2.08. The summed E-state index contributed by atoms with van der Waals surface area (Å²) in [4.78, 5) is 79.3. The van der Waals surface area contributed by atoms with Gasteiger partial charge in [0.05, 0.1) is 43.8 Å². The highest BCUT2D eigenvalue weighted by Crippen LogP contribution is 2.32. The zero-order valence-electron chi connectivity index (χ0n) is 17.3. The Morgan fingerprint density at radius 1 is 1.06 bits per heavy atom. The number of aromatic nitrogens is 2. The van der Waals surface area contributed by atoms with Crippen molar-refractivity contribution < 1.29 is 28.8 Å². The molecule has 0 saturated carbocycles. The zero-order valence-corrected chi connectivity index (χ0v) is 19.5. The lowest BCUT2D eigenvalue weighted by atomic mass is 9.94. The molecule has 180 valence electrons. The van der Waals surface area contributed by atoms with E-state index in [4.69, 9.17) is 34.8 Å². The number of ketones is 2. The van der Waals surface area contributed by atoms with Gasteiger partial charge in [-0.15, -0.1) is 0 Å². The van der Waals surface area contributed by atoms with Crippen molar-refractivity contribution in [1.82, 2.24) is 9.97 Å². The fraction of sp³-hybridized carbons (Fsp3) is 0.100. The van der Waals surface area contributed by atoms with E-state index in [1.165, 1.54) is 6.07 Å². The number of halogens is 3. The minimum Gasteiger partial charge on any atom is -0.463 e. The number of carbonyl (C=O) groups is 4. The number of nitrogens with one attached hydrogen (secondary N) is 2. The summed E-state index contributed by atoms with van der Waals surface area (Å²) < 4.78 is 4.34. The van der Waals surface area contributed by atoms with Gasteiger partial charge >= 0.3 is 5.97 Å². The Bertz CT molecular complexity index is 1490. The Labute approximate surface area is 209 Å². The van der Waals surface area contributed by atoms with Crippen molar-refractivity contribution in [2.45, 2.75) is 5.92 Å². The van der Waals surface area contributed by atoms with Gasteiger partial charge in [0.1, 0.15) is 11.6 Å². The van der Waals surface area contributed by atoms with E-state index < -0.39 is 45.5 Å². The predicted octanol–water partition coefficient (Wildman–Crippen LogP) is 2.83. The van der Waals surface area contributed by atoms with Crippen molar-refractivity contribution in [3.8, 4) is 0 Å². The highest BCUT2D eigenvalue weighted by molar-refractivity contribution is 6.53. The van der Waals surface area contributed by atoms with Gasteiger partial charge in [-0.05, 0) is 18.2 Å². The molecule has 3 rings (SSSR count). The van der Waals surface area contributed by atoms with Crippen LogP contribution in [0, 0.1) is 10.1 Å². The first-order valence-corrected chi connectivity index (χ1v) is 10.4. The van der Waals surface area contributed by atoms with Gasteiger partial charge in [-0.1, -0.05) is 34.8 Å². The Kier molecular flexibility index (Phi) is 7.48. The number of nitro groups is 1. The fourth-order valence-electron chi connectivity index (χ4n) is 2.92. The predicted molar refractivity (Wildman–Crippen MR) is 124 cm³/mol. The van der Waals surface area contributed by atoms with E-state index in [9.17, 15) is 34.1 Å². The third-order valence-electron chi connectivity index (χ3n) is 4.58. The molecule has 0 bridgehead atoms. The number of fused-ring (bicyclic) bond motifs is 1. The Morgan fingerprint density at radius 2 is 1.71 bits per heavy atom. The Morgan fingerprint density at radius 3 is 2.34 bits per heavy atom. The molecule has 2 N–H and O–H groups in total. The zero-order chi connectivity index (χ0) is 26.0. The maximum absolute atomic E-state index is 13.0. The van der Waals surface area contributed by atoms with Gasteiger partial charge in [-0.3, -0.25) is 29.3 Å². The number of rotatable bonds is 7. The number of hydrogen-bond acceptors (Lipinski definition) is 9. The molecule has 1 aromatic heterocycles. The first-order valence-electron chi connectivity index (χ1n) is 9.24. The number of ether oxygens (including phenoxy) is 1. The summed E-state index contributed by atoms with van der Waals surface area (Å²) in [5, 5.41) is 13.0. The molecule has 0 unspecified atom stereocenters. The van der Waals surface area contributed by atoms with Crippen LogP contribution in [0.25, 0.3) is 11.0 Å². The summed E-state index contributed by atoms with van der Waals surface area (Å²) in [6, 6.07) is 5.55. The molecular weight excluding hydrogens is 531 g/mol. The van der Waals surface area contributed by atoms with Gasteiger partial charge in [-0.2, -0.15) is 0 Å². The minimum absolute atomic E-state index is 0.0114. The molecule has 1 heterocycles. The van der Waals surface area contributed by atoms with Crippen LogP contribution in [0.15, 0.2) is 35.1 Å². The van der Waals surface area contributed by atoms with Crippen LogP contribution in [0.5, 0.6) is 0 Å². The van der Waals surface area contributed by atoms with E-state index in [0.29, 0.717) is 0 Å². The smallest absolute Gasteiger partial charge is 0.375 e. The second-order valence-electron chi connectivity index (χ2n) is 6.76. The summed E-state index contributed by atoms with van der Waals surface area (Å²) in [6.07, 6.45) is 0. The quantitative estimate of drug-likeness (QED) is 0.114. The number of aromatic amines is 1. The highest BCUT2D eigenvalue weighted by Gasteiger charge is 2.40. The molecule has 15 heteroatoms. The van der Waals surface area contributed by atoms with E-state index in [1.54, 1.807) is 0 Å². The molecule has 0 saturated heterocycles. The standard InChI is InChI=1S/C20H11Cl3N4O8/c1-35-20(32)17(29)14(16(28)19(31)25-12-6-9(22)8(21)5-10(12)23)15-18(30)26-13-4-7(27(33)34)2-3-11(13)24-15/h2-6,14H,1H3,(H,25,31)(H,26,30)/t14-/m1/s1. The lowest BCUT2D eigenvalue weighted by Crippen LogP contribution is -2.39. The van der Waals surface area contributed by atoms with Gasteiger partial charge in [0.25, 0.3) is 22.9 Å². The number of hydrogen-bond donors (Lipinski definition) is 2. The molecule has 0 aliphatic heterocycles. The number of non-ortho nitro benzene ring substituents is 1. The van der Waals surface area contributed by atoms with Crippen LogP contribution in [-0.2, 0) is 23.9 Å². The van der Waals surface area contributed by atoms with E-state index in [0.717, 1.165) is 31.4 Å². The van der Waals surface area contributed by atoms with Crippen molar-refractivity contribution in [2.75, 3.05) is 12.4 Å². The summed E-state index contributed by atoms with van der Waals surface area (Å²) in [7, 11) is 0.856. The average molecular weight is 542 g/mol. The maximum Gasteiger partial charge on any atom is 0.375 e. The molecule has 3 aromatic rings. The number of methoxy groups -OCH3 is 1. The van der Waals surface area contributed by atoms with Crippen molar-refractivity contribution in [3.05, 3.63) is 71.6 Å². The summed E-state index contributed by atoms with van der Waals surface area (Å²) >= 11 is 17.7. The normalized spacial score (nSPS) is 11.5. The molecule has 0 aliphatic rings. The SMILES string of the molecule is COC(=O)C(=O)[C@@H](C(=O)C(=O)Nc1cc(Cl)c(Cl)cc1Cl)c1nc2ccc([N+](=O)[O-])cc2[nH]c1=O. The van der Waals surface area contributed by atoms with E-state index >= 15 is 0 Å². The first-order chi connectivity index (χ1) is 16.4. The van der Waals surface area contributed by atoms with Crippen LogP contribution in [0.1, 0.15) is 11.6 Å². The molecular formula is C20H11Cl3N4O8. The number of nitro benzene ring substituents is 1. The third-order valence-corrected chi connectivity index (χ3v) is 5.61. The van der Waals surface area contributed by atoms with Crippen molar-refractivity contribution in [1.29, 1.82) is 0 Å². The van der Waals surface area contributed by atoms with Gasteiger partial charge in [0.15, 0.2) is 0 Å². The second-order valence-corrected chi connectivity index (χ2v) is 7.98. The number of benzene rings is 2. The number of anilines is 1. The highest BCUT2D eigenvalue weighted by atomic mass is 35.5. The van der Waals surface area contributed by atoms with Gasteiger partial charge < -0.3 is 15.0 Å². The fourth-order valence-corrected chi connectivity index (χ4v) is 3.51. The molecule has 0 fully saturated rings. The number of amides is 1. The number of carbonyl (C=O) groups excluding carboxylic acids is 4. The van der Waals surface area contributed by atoms with Gasteiger partial charge in [0.2, 0.25) is 5.78 Å². The first kappa shape index (κ1) is 25.7. The number of Topliss-reactive ketones (excluding diaryl/α,β-unsaturated/α-hetero) is 2. The van der Waals surface area contributed by atoms with Crippen molar-refractivity contribution in [3.63, 3.8) is 0 Å². The van der Waals surface area contributed by atoms with E-state index in [2.05, 4.69) is 20.0 Å². The van der Waals surface area contributed by atoms with Crippen molar-refractivity contribution >= 4 is 80.7 Å². The topological polar surface area (TPSA) is 178 Å². The van der Waals surface area contributed by atoms with Crippen LogP contribution in [0.2, 0.25) is 15.1 Å². The van der Waals surface area contributed by atoms with Crippen LogP contribution >= 0.6 is 34.8 Å². The van der Waals surface area contributed by atoms with E-state index in [1.807, 2.05) is 0 Å². The monoisotopic (exact) mass is 540 g/mol. The lowest BCUT2D eigenvalue weighted by Gasteiger charge is -2.14. The summed E-state index contributed by atoms with van der Waals surface area (Å²) in [6.45, 7) is 0. The van der Waals surface area contributed by atoms with Gasteiger partial charge in [0, 0.05) is 12.1 Å². The molecule has 1 atom stereocenters. The van der Waals surface area contributed by atoms with Crippen LogP contribution in [0.4, 0.5) is 11.4 Å². The number of esters is 1. The van der Waals surface area contributed by atoms with Gasteiger partial charge in [-0.25, -0.2) is 9.78 Å². The maximum atomic E-state index is 13.0. The largest absolute Gasteiger partial charge is 0.463 e. The van der Waals surface area contributed by atoms with E-state index in [-0.39, 0.29) is 37.5 Å². The molecule has 2 aromatic carbocycles. The molecule has 1 amide bonds. The Hall–Kier alpha value is -3.87.